The average Bonchev–Trinajstić information content (AvgIpc) is 2.92. The van der Waals surface area contributed by atoms with Gasteiger partial charge in [0.15, 0.2) is 0 Å². The van der Waals surface area contributed by atoms with Crippen molar-refractivity contribution in [3.05, 3.63) is 34.6 Å². The van der Waals surface area contributed by atoms with Crippen molar-refractivity contribution < 1.29 is 19.0 Å². The van der Waals surface area contributed by atoms with Crippen LogP contribution < -0.4 is 0 Å². The fraction of sp³-hybridized carbons (Fsp3) is 0.562. The number of benzene rings is 1. The lowest BCUT2D eigenvalue weighted by atomic mass is 10.0. The maximum Gasteiger partial charge on any atom is 0.254 e. The second-order valence-electron chi connectivity index (χ2n) is 6.22. The number of hydrogen-bond acceptors (Lipinski definition) is 4. The summed E-state index contributed by atoms with van der Waals surface area (Å²) in [6.07, 6.45) is 0.533. The van der Waals surface area contributed by atoms with Crippen LogP contribution in [-0.4, -0.2) is 72.4 Å². The van der Waals surface area contributed by atoms with Gasteiger partial charge in [-0.25, -0.2) is 4.39 Å². The fourth-order valence-electron chi connectivity index (χ4n) is 3.15. The molecule has 23 heavy (non-hydrogen) atoms. The van der Waals surface area contributed by atoms with Crippen molar-refractivity contribution in [1.29, 1.82) is 0 Å². The molecule has 0 saturated carbocycles. The molecule has 7 heteroatoms. The van der Waals surface area contributed by atoms with Crippen LogP contribution in [0.2, 0.25) is 5.02 Å². The maximum atomic E-state index is 13.2. The summed E-state index contributed by atoms with van der Waals surface area (Å²) in [7, 11) is 0. The number of hydrogen-bond donors (Lipinski definition) is 1. The van der Waals surface area contributed by atoms with Crippen molar-refractivity contribution in [2.45, 2.75) is 12.0 Å². The van der Waals surface area contributed by atoms with E-state index < -0.39 is 11.4 Å². The van der Waals surface area contributed by atoms with E-state index in [-0.39, 0.29) is 17.5 Å². The van der Waals surface area contributed by atoms with Crippen molar-refractivity contribution in [3.63, 3.8) is 0 Å². The van der Waals surface area contributed by atoms with Gasteiger partial charge in [-0.2, -0.15) is 0 Å². The lowest BCUT2D eigenvalue weighted by Crippen LogP contribution is -2.49. The molecule has 2 saturated heterocycles. The minimum atomic E-state index is -0.906. The van der Waals surface area contributed by atoms with E-state index in [1.165, 1.54) is 18.2 Å². The van der Waals surface area contributed by atoms with Crippen LogP contribution in [0.4, 0.5) is 4.39 Å². The molecular formula is C16H20ClFN2O3. The van der Waals surface area contributed by atoms with E-state index in [2.05, 4.69) is 4.90 Å². The second-order valence-corrected chi connectivity index (χ2v) is 6.63. The van der Waals surface area contributed by atoms with Gasteiger partial charge in [-0.1, -0.05) is 11.6 Å². The summed E-state index contributed by atoms with van der Waals surface area (Å²) in [5, 5.41) is 10.7. The monoisotopic (exact) mass is 342 g/mol. The van der Waals surface area contributed by atoms with Crippen LogP contribution in [0.15, 0.2) is 18.2 Å². The molecule has 5 nitrogen and oxygen atoms in total. The van der Waals surface area contributed by atoms with Crippen LogP contribution in [-0.2, 0) is 4.74 Å². The first-order chi connectivity index (χ1) is 11.0. The number of halogens is 2. The lowest BCUT2D eigenvalue weighted by Gasteiger charge is -2.33. The molecule has 1 N–H and O–H groups in total. The summed E-state index contributed by atoms with van der Waals surface area (Å²) in [5.74, 6) is -0.779. The van der Waals surface area contributed by atoms with Crippen molar-refractivity contribution in [2.75, 3.05) is 45.9 Å². The van der Waals surface area contributed by atoms with Crippen LogP contribution in [0.1, 0.15) is 16.8 Å². The van der Waals surface area contributed by atoms with Crippen LogP contribution in [0.25, 0.3) is 0 Å². The number of morpholine rings is 1. The minimum Gasteiger partial charge on any atom is -0.387 e. The molecule has 1 amide bonds. The molecule has 0 radical (unpaired) electrons. The van der Waals surface area contributed by atoms with Gasteiger partial charge in [0.05, 0.1) is 30.4 Å². The molecule has 1 atom stereocenters. The zero-order valence-corrected chi connectivity index (χ0v) is 13.6. The van der Waals surface area contributed by atoms with E-state index >= 15 is 0 Å². The van der Waals surface area contributed by atoms with E-state index in [0.29, 0.717) is 38.3 Å². The Kier molecular flexibility index (Phi) is 4.87. The molecular weight excluding hydrogens is 323 g/mol. The Hall–Kier alpha value is -1.21. The summed E-state index contributed by atoms with van der Waals surface area (Å²) in [6, 6.07) is 3.94. The molecule has 2 fully saturated rings. The van der Waals surface area contributed by atoms with Crippen LogP contribution in [0, 0.1) is 5.82 Å². The van der Waals surface area contributed by atoms with Crippen LogP contribution in [0.3, 0.4) is 0 Å². The van der Waals surface area contributed by atoms with Gasteiger partial charge in [0, 0.05) is 31.7 Å². The minimum absolute atomic E-state index is 0.0707. The van der Waals surface area contributed by atoms with Crippen molar-refractivity contribution in [1.82, 2.24) is 9.80 Å². The molecule has 1 aromatic rings. The number of amides is 1. The summed E-state index contributed by atoms with van der Waals surface area (Å²) in [6.45, 7) is 4.23. The third-order valence-corrected chi connectivity index (χ3v) is 4.70. The number of rotatable bonds is 3. The first kappa shape index (κ1) is 16.6. The van der Waals surface area contributed by atoms with Gasteiger partial charge in [0.25, 0.3) is 5.91 Å². The Morgan fingerprint density at radius 2 is 2.09 bits per heavy atom. The molecule has 2 heterocycles. The highest BCUT2D eigenvalue weighted by atomic mass is 35.5. The summed E-state index contributed by atoms with van der Waals surface area (Å²) >= 11 is 5.74. The highest BCUT2D eigenvalue weighted by Crippen LogP contribution is 2.25. The topological polar surface area (TPSA) is 53.0 Å². The normalized spacial score (nSPS) is 25.8. The molecule has 2 aliphatic rings. The predicted molar refractivity (Wildman–Crippen MR) is 84.1 cm³/mol. The van der Waals surface area contributed by atoms with Gasteiger partial charge in [-0.3, -0.25) is 9.69 Å². The van der Waals surface area contributed by atoms with Crippen LogP contribution >= 0.6 is 11.6 Å². The second kappa shape index (κ2) is 6.73. The van der Waals surface area contributed by atoms with Gasteiger partial charge < -0.3 is 14.7 Å². The largest absolute Gasteiger partial charge is 0.387 e. The number of likely N-dealkylation sites (tertiary alicyclic amines) is 1. The summed E-state index contributed by atoms with van der Waals surface area (Å²) in [4.78, 5) is 16.3. The fourth-order valence-corrected chi connectivity index (χ4v) is 3.33. The SMILES string of the molecule is O=C(c1ccc(F)c(Cl)c1)N1CC[C@@](O)(CN2CCOCC2)C1. The quantitative estimate of drug-likeness (QED) is 0.902. The number of carbonyl (C=O) groups excluding carboxylic acids is 1. The number of aliphatic hydroxyl groups is 1. The highest BCUT2D eigenvalue weighted by molar-refractivity contribution is 6.31. The van der Waals surface area contributed by atoms with Crippen LogP contribution in [0.5, 0.6) is 0 Å². The number of carbonyl (C=O) groups is 1. The zero-order chi connectivity index (χ0) is 16.4. The van der Waals surface area contributed by atoms with E-state index in [4.69, 9.17) is 16.3 Å². The van der Waals surface area contributed by atoms with Gasteiger partial charge in [0.1, 0.15) is 5.82 Å². The van der Waals surface area contributed by atoms with E-state index in [0.717, 1.165) is 13.1 Å². The van der Waals surface area contributed by atoms with Crippen molar-refractivity contribution in [2.24, 2.45) is 0 Å². The van der Waals surface area contributed by atoms with Crippen molar-refractivity contribution in [3.8, 4) is 0 Å². The maximum absolute atomic E-state index is 13.2. The van der Waals surface area contributed by atoms with E-state index in [1.807, 2.05) is 0 Å². The molecule has 0 spiro atoms. The average molecular weight is 343 g/mol. The van der Waals surface area contributed by atoms with Gasteiger partial charge >= 0.3 is 0 Å². The number of nitrogens with zero attached hydrogens (tertiary/aromatic N) is 2. The van der Waals surface area contributed by atoms with Gasteiger partial charge in [-0.05, 0) is 24.6 Å². The van der Waals surface area contributed by atoms with Gasteiger partial charge in [0.2, 0.25) is 0 Å². The third kappa shape index (κ3) is 3.83. The molecule has 0 unspecified atom stereocenters. The lowest BCUT2D eigenvalue weighted by molar-refractivity contribution is -0.0257. The first-order valence-corrected chi connectivity index (χ1v) is 8.11. The molecule has 126 valence electrons. The summed E-state index contributed by atoms with van der Waals surface area (Å²) < 4.78 is 18.5. The van der Waals surface area contributed by atoms with Crippen molar-refractivity contribution >= 4 is 17.5 Å². The standard InChI is InChI=1S/C16H20ClFN2O3/c17-13-9-12(1-2-14(13)18)15(21)20-4-3-16(22,11-20)10-19-5-7-23-8-6-19/h1-2,9,22H,3-8,10-11H2/t16-/m1/s1. The number of β-amino-alcohol motifs (C(OH)–C–C–N with tert-alkyl or cyclic N) is 1. The molecule has 0 aliphatic carbocycles. The Morgan fingerprint density at radius 1 is 1.35 bits per heavy atom. The highest BCUT2D eigenvalue weighted by Gasteiger charge is 2.39. The Balaban J connectivity index is 1.63. The summed E-state index contributed by atoms with van der Waals surface area (Å²) in [5.41, 5.74) is -0.566. The Labute approximate surface area is 139 Å². The van der Waals surface area contributed by atoms with E-state index in [1.54, 1.807) is 4.90 Å². The smallest absolute Gasteiger partial charge is 0.254 e. The molecule has 3 rings (SSSR count). The number of ether oxygens (including phenoxy) is 1. The third-order valence-electron chi connectivity index (χ3n) is 4.41. The Bertz CT molecular complexity index is 595. The zero-order valence-electron chi connectivity index (χ0n) is 12.8. The first-order valence-electron chi connectivity index (χ1n) is 7.74. The predicted octanol–water partition coefficient (Wildman–Crippen LogP) is 1.39. The Morgan fingerprint density at radius 3 is 2.78 bits per heavy atom. The molecule has 2 aliphatic heterocycles. The molecule has 1 aromatic carbocycles. The molecule has 0 aromatic heterocycles. The molecule has 0 bridgehead atoms. The van der Waals surface area contributed by atoms with E-state index in [9.17, 15) is 14.3 Å². The van der Waals surface area contributed by atoms with Gasteiger partial charge in [-0.15, -0.1) is 0 Å².